The van der Waals surface area contributed by atoms with Crippen molar-refractivity contribution in [2.45, 2.75) is 0 Å². The molecule has 3 rings (SSSR count). The van der Waals surface area contributed by atoms with Gasteiger partial charge in [0.2, 0.25) is 0 Å². The van der Waals surface area contributed by atoms with Crippen LogP contribution >= 0.6 is 0 Å². The molecule has 4 nitrogen and oxygen atoms in total. The van der Waals surface area contributed by atoms with E-state index in [1.165, 1.54) is 6.26 Å². The van der Waals surface area contributed by atoms with Crippen LogP contribution in [0.5, 0.6) is 0 Å². The summed E-state index contributed by atoms with van der Waals surface area (Å²) < 4.78 is 4.80. The van der Waals surface area contributed by atoms with Gasteiger partial charge in [-0.3, -0.25) is 0 Å². The van der Waals surface area contributed by atoms with Gasteiger partial charge in [0, 0.05) is 11.6 Å². The number of nitrogens with zero attached hydrogens (tertiary/aromatic N) is 3. The van der Waals surface area contributed by atoms with E-state index in [-0.39, 0.29) is 0 Å². The van der Waals surface area contributed by atoms with Crippen molar-refractivity contribution in [2.75, 3.05) is 0 Å². The second kappa shape index (κ2) is 2.26. The van der Waals surface area contributed by atoms with E-state index >= 15 is 0 Å². The molecule has 0 aliphatic rings. The van der Waals surface area contributed by atoms with Crippen molar-refractivity contribution in [3.8, 4) is 0 Å². The first kappa shape index (κ1) is 6.54. The molecule has 0 saturated heterocycles. The molecular formula is C9H5N3O. The normalized spacial score (nSPS) is 11.1. The Morgan fingerprint density at radius 1 is 1.23 bits per heavy atom. The van der Waals surface area contributed by atoms with Crippen molar-refractivity contribution in [1.29, 1.82) is 0 Å². The third-order valence-corrected chi connectivity index (χ3v) is 1.91. The average Bonchev–Trinajstić information content (AvgIpc) is 2.61. The quantitative estimate of drug-likeness (QED) is 0.517. The van der Waals surface area contributed by atoms with Crippen molar-refractivity contribution in [3.63, 3.8) is 0 Å². The number of rotatable bonds is 0. The van der Waals surface area contributed by atoms with Crippen LogP contribution in [0.3, 0.4) is 0 Å². The fourth-order valence-electron chi connectivity index (χ4n) is 1.30. The molecule has 62 valence electrons. The van der Waals surface area contributed by atoms with E-state index in [2.05, 4.69) is 15.1 Å². The van der Waals surface area contributed by atoms with Gasteiger partial charge in [0.15, 0.2) is 5.65 Å². The van der Waals surface area contributed by atoms with Crippen molar-refractivity contribution in [2.24, 2.45) is 0 Å². The molecule has 4 heteroatoms. The summed E-state index contributed by atoms with van der Waals surface area (Å²) in [5.74, 6) is 0. The number of hydrogen-bond acceptors (Lipinski definition) is 4. The third-order valence-electron chi connectivity index (χ3n) is 1.91. The Morgan fingerprint density at radius 3 is 3.23 bits per heavy atom. The van der Waals surface area contributed by atoms with E-state index in [0.717, 1.165) is 22.1 Å². The molecule has 0 saturated carbocycles. The Morgan fingerprint density at radius 2 is 2.23 bits per heavy atom. The van der Waals surface area contributed by atoms with E-state index in [0.29, 0.717) is 0 Å². The van der Waals surface area contributed by atoms with Gasteiger partial charge in [0.25, 0.3) is 0 Å². The molecule has 0 N–H and O–H groups in total. The van der Waals surface area contributed by atoms with E-state index in [9.17, 15) is 0 Å². The van der Waals surface area contributed by atoms with Gasteiger partial charge in [-0.1, -0.05) is 5.16 Å². The molecule has 0 spiro atoms. The van der Waals surface area contributed by atoms with Crippen LogP contribution in [-0.2, 0) is 0 Å². The molecule has 0 amide bonds. The SMILES string of the molecule is c1cnc2nc3conc3cc2c1. The number of pyridine rings is 2. The van der Waals surface area contributed by atoms with Gasteiger partial charge in [0.1, 0.15) is 17.3 Å². The Bertz CT molecular complexity index is 523. The lowest BCUT2D eigenvalue weighted by Gasteiger charge is -1.92. The summed E-state index contributed by atoms with van der Waals surface area (Å²) in [6.07, 6.45) is 3.23. The van der Waals surface area contributed by atoms with Crippen molar-refractivity contribution in [3.05, 3.63) is 30.7 Å². The predicted octanol–water partition coefficient (Wildman–Crippen LogP) is 1.77. The van der Waals surface area contributed by atoms with Crippen LogP contribution in [0, 0.1) is 0 Å². The fraction of sp³-hybridized carbons (Fsp3) is 0. The Labute approximate surface area is 73.2 Å². The summed E-state index contributed by atoms with van der Waals surface area (Å²) >= 11 is 0. The second-order valence-corrected chi connectivity index (χ2v) is 2.76. The van der Waals surface area contributed by atoms with Crippen molar-refractivity contribution < 1.29 is 4.52 Å². The first-order chi connectivity index (χ1) is 6.43. The largest absolute Gasteiger partial charge is 0.362 e. The van der Waals surface area contributed by atoms with Crippen LogP contribution in [0.4, 0.5) is 0 Å². The molecule has 0 aliphatic carbocycles. The summed E-state index contributed by atoms with van der Waals surface area (Å²) in [7, 11) is 0. The third kappa shape index (κ3) is 0.885. The summed E-state index contributed by atoms with van der Waals surface area (Å²) in [5.41, 5.74) is 2.23. The number of aromatic nitrogens is 3. The summed E-state index contributed by atoms with van der Waals surface area (Å²) in [6, 6.07) is 5.73. The molecule has 3 aromatic rings. The predicted molar refractivity (Wildman–Crippen MR) is 47.1 cm³/mol. The minimum atomic E-state index is 0.721. The van der Waals surface area contributed by atoms with Crippen LogP contribution in [0.2, 0.25) is 0 Å². The maximum Gasteiger partial charge on any atom is 0.160 e. The molecular weight excluding hydrogens is 166 g/mol. The van der Waals surface area contributed by atoms with Crippen LogP contribution < -0.4 is 0 Å². The lowest BCUT2D eigenvalue weighted by atomic mass is 10.2. The molecule has 0 atom stereocenters. The number of hydrogen-bond donors (Lipinski definition) is 0. The summed E-state index contributed by atoms with van der Waals surface area (Å²) in [4.78, 5) is 8.40. The lowest BCUT2D eigenvalue weighted by molar-refractivity contribution is 0.428. The standard InChI is InChI=1S/C9H5N3O/c1-2-6-4-7-8(5-13-12-7)11-9(6)10-3-1/h1-5H. The Kier molecular flexibility index (Phi) is 1.14. The van der Waals surface area contributed by atoms with Gasteiger partial charge in [-0.2, -0.15) is 0 Å². The van der Waals surface area contributed by atoms with Crippen molar-refractivity contribution in [1.82, 2.24) is 15.1 Å². The summed E-state index contributed by atoms with van der Waals surface area (Å²) in [5, 5.41) is 4.78. The van der Waals surface area contributed by atoms with Gasteiger partial charge in [-0.15, -0.1) is 0 Å². The van der Waals surface area contributed by atoms with Gasteiger partial charge < -0.3 is 4.52 Å². The monoisotopic (exact) mass is 171 g/mol. The maximum absolute atomic E-state index is 4.80. The van der Waals surface area contributed by atoms with Gasteiger partial charge >= 0.3 is 0 Å². The van der Waals surface area contributed by atoms with Crippen LogP contribution in [-0.4, -0.2) is 15.1 Å². The smallest absolute Gasteiger partial charge is 0.160 e. The van der Waals surface area contributed by atoms with Gasteiger partial charge in [-0.25, -0.2) is 9.97 Å². The van der Waals surface area contributed by atoms with Crippen LogP contribution in [0.25, 0.3) is 22.1 Å². The minimum Gasteiger partial charge on any atom is -0.362 e. The highest BCUT2D eigenvalue weighted by Crippen LogP contribution is 2.15. The molecule has 0 unspecified atom stereocenters. The average molecular weight is 171 g/mol. The second-order valence-electron chi connectivity index (χ2n) is 2.76. The molecule has 0 aliphatic heterocycles. The summed E-state index contributed by atoms with van der Waals surface area (Å²) in [6.45, 7) is 0. The zero-order chi connectivity index (χ0) is 8.67. The highest BCUT2D eigenvalue weighted by atomic mass is 16.5. The van der Waals surface area contributed by atoms with Gasteiger partial charge in [0.05, 0.1) is 0 Å². The highest BCUT2D eigenvalue weighted by molar-refractivity contribution is 5.87. The molecule has 13 heavy (non-hydrogen) atoms. The minimum absolute atomic E-state index is 0.721. The Hall–Kier alpha value is -1.97. The van der Waals surface area contributed by atoms with E-state index < -0.39 is 0 Å². The molecule has 0 bridgehead atoms. The molecule has 3 heterocycles. The van der Waals surface area contributed by atoms with E-state index in [1.807, 2.05) is 18.2 Å². The van der Waals surface area contributed by atoms with Gasteiger partial charge in [-0.05, 0) is 18.2 Å². The highest BCUT2D eigenvalue weighted by Gasteiger charge is 2.02. The van der Waals surface area contributed by atoms with Crippen molar-refractivity contribution >= 4 is 22.1 Å². The number of fused-ring (bicyclic) bond motifs is 2. The van der Waals surface area contributed by atoms with Crippen LogP contribution in [0.15, 0.2) is 35.2 Å². The zero-order valence-electron chi connectivity index (χ0n) is 6.64. The zero-order valence-corrected chi connectivity index (χ0v) is 6.64. The van der Waals surface area contributed by atoms with Crippen LogP contribution in [0.1, 0.15) is 0 Å². The van der Waals surface area contributed by atoms with E-state index in [1.54, 1.807) is 6.20 Å². The first-order valence-electron chi connectivity index (χ1n) is 3.89. The first-order valence-corrected chi connectivity index (χ1v) is 3.89. The van der Waals surface area contributed by atoms with E-state index in [4.69, 9.17) is 4.52 Å². The Balaban J connectivity index is 2.57. The fourth-order valence-corrected chi connectivity index (χ4v) is 1.30. The topological polar surface area (TPSA) is 51.8 Å². The molecule has 0 radical (unpaired) electrons. The lowest BCUT2D eigenvalue weighted by Crippen LogP contribution is -1.82. The molecule has 3 aromatic heterocycles. The molecule has 0 fully saturated rings. The maximum atomic E-state index is 4.80. The molecule has 0 aromatic carbocycles.